The highest BCUT2D eigenvalue weighted by molar-refractivity contribution is 9.10. The highest BCUT2D eigenvalue weighted by Crippen LogP contribution is 2.27. The Bertz CT molecular complexity index is 547. The molecule has 0 heterocycles. The smallest absolute Gasteiger partial charge is 0.150 e. The second-order valence-electron chi connectivity index (χ2n) is 5.46. The van der Waals surface area contributed by atoms with Crippen molar-refractivity contribution in [3.63, 3.8) is 0 Å². The van der Waals surface area contributed by atoms with E-state index in [-0.39, 0.29) is 17.5 Å². The van der Waals surface area contributed by atoms with Crippen LogP contribution in [0.4, 0.5) is 0 Å². The molecule has 0 aromatic heterocycles. The molecule has 1 aromatic carbocycles. The van der Waals surface area contributed by atoms with E-state index in [9.17, 15) is 8.42 Å². The SMILES string of the molecule is CCNC(CCCS(=O)(=O)CC)c1cc(C)c(Br)c(C)c1. The van der Waals surface area contributed by atoms with E-state index in [0.29, 0.717) is 6.42 Å². The summed E-state index contributed by atoms with van der Waals surface area (Å²) in [6, 6.07) is 4.57. The molecular weight excluding hydrogens is 350 g/mol. The molecule has 1 aromatic rings. The second-order valence-corrected chi connectivity index (χ2v) is 8.72. The Hall–Kier alpha value is -0.390. The number of benzene rings is 1. The molecule has 0 saturated heterocycles. The number of nitrogens with one attached hydrogen (secondary N) is 1. The number of hydrogen-bond donors (Lipinski definition) is 1. The van der Waals surface area contributed by atoms with E-state index in [2.05, 4.69) is 54.2 Å². The van der Waals surface area contributed by atoms with Gasteiger partial charge in [-0.25, -0.2) is 8.42 Å². The van der Waals surface area contributed by atoms with Gasteiger partial charge in [0.25, 0.3) is 0 Å². The highest BCUT2D eigenvalue weighted by atomic mass is 79.9. The molecule has 0 saturated carbocycles. The standard InChI is InChI=1S/C16H26BrNO2S/c1-5-18-15(8-7-9-21(19,20)6-2)14-10-12(3)16(17)13(4)11-14/h10-11,15,18H,5-9H2,1-4H3. The largest absolute Gasteiger partial charge is 0.310 e. The minimum absolute atomic E-state index is 0.215. The Balaban J connectivity index is 2.82. The molecule has 3 nitrogen and oxygen atoms in total. The first-order valence-corrected chi connectivity index (χ1v) is 10.1. The van der Waals surface area contributed by atoms with Gasteiger partial charge in [-0.05, 0) is 49.9 Å². The first-order valence-electron chi connectivity index (χ1n) is 7.51. The normalized spacial score (nSPS) is 13.4. The predicted octanol–water partition coefficient (Wildman–Crippen LogP) is 3.93. The van der Waals surface area contributed by atoms with Crippen LogP contribution in [0.2, 0.25) is 0 Å². The van der Waals surface area contributed by atoms with Gasteiger partial charge in [0, 0.05) is 16.3 Å². The number of aryl methyl sites for hydroxylation is 2. The van der Waals surface area contributed by atoms with Crippen LogP contribution in [0, 0.1) is 13.8 Å². The van der Waals surface area contributed by atoms with Crippen molar-refractivity contribution in [3.8, 4) is 0 Å². The lowest BCUT2D eigenvalue weighted by Crippen LogP contribution is -2.22. The molecule has 0 bridgehead atoms. The van der Waals surface area contributed by atoms with Gasteiger partial charge in [0.15, 0.2) is 0 Å². The Morgan fingerprint density at radius 3 is 2.24 bits per heavy atom. The minimum Gasteiger partial charge on any atom is -0.310 e. The van der Waals surface area contributed by atoms with Crippen molar-refractivity contribution in [1.29, 1.82) is 0 Å². The van der Waals surface area contributed by atoms with Crippen LogP contribution in [0.25, 0.3) is 0 Å². The summed E-state index contributed by atoms with van der Waals surface area (Å²) < 4.78 is 24.4. The van der Waals surface area contributed by atoms with Gasteiger partial charge >= 0.3 is 0 Å². The summed E-state index contributed by atoms with van der Waals surface area (Å²) in [5, 5.41) is 3.47. The van der Waals surface area contributed by atoms with Crippen LogP contribution in [-0.4, -0.2) is 26.5 Å². The van der Waals surface area contributed by atoms with Gasteiger partial charge in [-0.15, -0.1) is 0 Å². The second kappa shape index (κ2) is 8.30. The third-order valence-corrected chi connectivity index (χ3v) is 6.74. The van der Waals surface area contributed by atoms with Gasteiger partial charge in [-0.2, -0.15) is 0 Å². The maximum Gasteiger partial charge on any atom is 0.150 e. The summed E-state index contributed by atoms with van der Waals surface area (Å²) in [5.41, 5.74) is 3.67. The van der Waals surface area contributed by atoms with Crippen LogP contribution in [0.1, 0.15) is 49.4 Å². The Kier molecular flexibility index (Phi) is 7.37. The summed E-state index contributed by atoms with van der Waals surface area (Å²) in [5.74, 6) is 0.509. The maximum absolute atomic E-state index is 11.6. The molecule has 0 radical (unpaired) electrons. The summed E-state index contributed by atoms with van der Waals surface area (Å²) in [7, 11) is -2.87. The van der Waals surface area contributed by atoms with Crippen LogP contribution < -0.4 is 5.32 Å². The Labute approximate surface area is 137 Å². The van der Waals surface area contributed by atoms with Crippen molar-refractivity contribution in [3.05, 3.63) is 33.3 Å². The molecule has 0 aliphatic heterocycles. The number of rotatable bonds is 8. The predicted molar refractivity (Wildman–Crippen MR) is 93.6 cm³/mol. The van der Waals surface area contributed by atoms with Gasteiger partial charge in [0.05, 0.1) is 5.75 Å². The molecule has 0 amide bonds. The van der Waals surface area contributed by atoms with Gasteiger partial charge in [-0.1, -0.05) is 41.9 Å². The monoisotopic (exact) mass is 375 g/mol. The van der Waals surface area contributed by atoms with Crippen LogP contribution in [-0.2, 0) is 9.84 Å². The average Bonchev–Trinajstić information content (AvgIpc) is 2.43. The lowest BCUT2D eigenvalue weighted by molar-refractivity contribution is 0.506. The van der Waals surface area contributed by atoms with Gasteiger partial charge in [-0.3, -0.25) is 0 Å². The molecule has 120 valence electrons. The number of hydrogen-bond acceptors (Lipinski definition) is 3. The van der Waals surface area contributed by atoms with E-state index >= 15 is 0 Å². The molecule has 1 atom stereocenters. The zero-order valence-corrected chi connectivity index (χ0v) is 15.8. The maximum atomic E-state index is 11.6. The zero-order valence-electron chi connectivity index (χ0n) is 13.4. The summed E-state index contributed by atoms with van der Waals surface area (Å²) in [6.07, 6.45) is 1.54. The lowest BCUT2D eigenvalue weighted by atomic mass is 9.98. The van der Waals surface area contributed by atoms with Crippen LogP contribution in [0.3, 0.4) is 0 Å². The van der Waals surface area contributed by atoms with Gasteiger partial charge in [0.1, 0.15) is 9.84 Å². The van der Waals surface area contributed by atoms with E-state index < -0.39 is 9.84 Å². The minimum atomic E-state index is -2.87. The van der Waals surface area contributed by atoms with E-state index in [1.54, 1.807) is 6.92 Å². The number of sulfone groups is 1. The third kappa shape index (κ3) is 5.72. The molecule has 1 unspecified atom stereocenters. The average molecular weight is 376 g/mol. The summed E-state index contributed by atoms with van der Waals surface area (Å²) in [6.45, 7) is 8.84. The first-order chi connectivity index (χ1) is 9.80. The molecule has 1 rings (SSSR count). The van der Waals surface area contributed by atoms with E-state index in [1.165, 1.54) is 16.7 Å². The van der Waals surface area contributed by atoms with Crippen LogP contribution in [0.5, 0.6) is 0 Å². The quantitative estimate of drug-likeness (QED) is 0.748. The van der Waals surface area contributed by atoms with Crippen molar-refractivity contribution in [2.45, 2.75) is 46.6 Å². The Morgan fingerprint density at radius 1 is 1.19 bits per heavy atom. The molecule has 0 aliphatic rings. The fourth-order valence-corrected chi connectivity index (χ4v) is 3.59. The van der Waals surface area contributed by atoms with Crippen molar-refractivity contribution >= 4 is 25.8 Å². The highest BCUT2D eigenvalue weighted by Gasteiger charge is 2.15. The van der Waals surface area contributed by atoms with Gasteiger partial charge < -0.3 is 5.32 Å². The first kappa shape index (κ1) is 18.7. The molecule has 0 fully saturated rings. The summed E-state index contributed by atoms with van der Waals surface area (Å²) >= 11 is 3.59. The molecular formula is C16H26BrNO2S. The third-order valence-electron chi connectivity index (χ3n) is 3.70. The molecule has 0 aliphatic carbocycles. The number of halogens is 1. The fraction of sp³-hybridized carbons (Fsp3) is 0.625. The van der Waals surface area contributed by atoms with E-state index in [1.807, 2.05) is 0 Å². The lowest BCUT2D eigenvalue weighted by Gasteiger charge is -2.20. The van der Waals surface area contributed by atoms with Crippen molar-refractivity contribution < 1.29 is 8.42 Å². The zero-order chi connectivity index (χ0) is 16.0. The van der Waals surface area contributed by atoms with Crippen LogP contribution in [0.15, 0.2) is 16.6 Å². The van der Waals surface area contributed by atoms with Crippen molar-refractivity contribution in [2.75, 3.05) is 18.1 Å². The summed E-state index contributed by atoms with van der Waals surface area (Å²) in [4.78, 5) is 0. The fourth-order valence-electron chi connectivity index (χ4n) is 2.47. The molecule has 1 N–H and O–H groups in total. The topological polar surface area (TPSA) is 46.2 Å². The van der Waals surface area contributed by atoms with E-state index in [4.69, 9.17) is 0 Å². The molecule has 0 spiro atoms. The van der Waals surface area contributed by atoms with Crippen molar-refractivity contribution in [1.82, 2.24) is 5.32 Å². The van der Waals surface area contributed by atoms with Gasteiger partial charge in [0.2, 0.25) is 0 Å². The molecule has 5 heteroatoms. The molecule has 21 heavy (non-hydrogen) atoms. The van der Waals surface area contributed by atoms with Crippen molar-refractivity contribution in [2.24, 2.45) is 0 Å². The van der Waals surface area contributed by atoms with E-state index in [0.717, 1.165) is 17.4 Å². The van der Waals surface area contributed by atoms with Crippen LogP contribution >= 0.6 is 15.9 Å². The Morgan fingerprint density at radius 2 is 1.76 bits per heavy atom.